The fourth-order valence-electron chi connectivity index (χ4n) is 4.60. The Morgan fingerprint density at radius 1 is 0.868 bits per heavy atom. The average Bonchev–Trinajstić information content (AvgIpc) is 2.88. The molecule has 1 N–H and O–H groups in total. The van der Waals surface area contributed by atoms with Crippen LogP contribution in [0.5, 0.6) is 0 Å². The molecule has 0 heterocycles. The van der Waals surface area contributed by atoms with Crippen molar-refractivity contribution in [2.45, 2.75) is 45.7 Å². The molecule has 0 fully saturated rings. The number of rotatable bonds is 12. The zero-order valence-corrected chi connectivity index (χ0v) is 23.4. The molecule has 3 aromatic rings. The Balaban J connectivity index is 1.83. The maximum atomic E-state index is 13.7. The smallest absolute Gasteiger partial charge is 0.242 e. The van der Waals surface area contributed by atoms with Gasteiger partial charge in [-0.1, -0.05) is 66.7 Å². The van der Waals surface area contributed by atoms with Gasteiger partial charge in [0.05, 0.1) is 11.9 Å². The van der Waals surface area contributed by atoms with Gasteiger partial charge in [0.25, 0.3) is 0 Å². The second-order valence-electron chi connectivity index (χ2n) is 9.61. The molecule has 8 heteroatoms. The minimum atomic E-state index is -3.55. The monoisotopic (exact) mass is 535 g/mol. The highest BCUT2D eigenvalue weighted by Gasteiger charge is 2.30. The normalized spacial score (nSPS) is 12.0. The lowest BCUT2D eigenvalue weighted by Crippen LogP contribution is -2.49. The van der Waals surface area contributed by atoms with E-state index in [1.54, 1.807) is 11.9 Å². The molecule has 0 bridgehead atoms. The van der Waals surface area contributed by atoms with Crippen LogP contribution in [0, 0.1) is 13.8 Å². The molecule has 0 aliphatic heterocycles. The minimum Gasteiger partial charge on any atom is -0.357 e. The van der Waals surface area contributed by atoms with Crippen molar-refractivity contribution in [1.82, 2.24) is 10.2 Å². The van der Waals surface area contributed by atoms with Crippen molar-refractivity contribution in [3.63, 3.8) is 0 Å². The molecule has 38 heavy (non-hydrogen) atoms. The molecule has 0 aliphatic carbocycles. The van der Waals surface area contributed by atoms with Gasteiger partial charge in [0.2, 0.25) is 21.8 Å². The number of benzene rings is 3. The highest BCUT2D eigenvalue weighted by atomic mass is 32.2. The third-order valence-electron chi connectivity index (χ3n) is 6.36. The number of anilines is 1. The highest BCUT2D eigenvalue weighted by molar-refractivity contribution is 7.92. The maximum absolute atomic E-state index is 13.7. The van der Waals surface area contributed by atoms with E-state index < -0.39 is 16.1 Å². The van der Waals surface area contributed by atoms with Crippen molar-refractivity contribution in [1.29, 1.82) is 0 Å². The fourth-order valence-corrected chi connectivity index (χ4v) is 5.55. The van der Waals surface area contributed by atoms with Crippen molar-refractivity contribution in [2.24, 2.45) is 0 Å². The van der Waals surface area contributed by atoms with Crippen LogP contribution in [0.1, 0.15) is 35.1 Å². The summed E-state index contributed by atoms with van der Waals surface area (Å²) in [5.41, 5.74) is 4.38. The lowest BCUT2D eigenvalue weighted by molar-refractivity contribution is -0.141. The van der Waals surface area contributed by atoms with Crippen LogP contribution in [0.2, 0.25) is 0 Å². The van der Waals surface area contributed by atoms with Gasteiger partial charge in [-0.05, 0) is 54.7 Å². The fraction of sp³-hybridized carbons (Fsp3) is 0.333. The van der Waals surface area contributed by atoms with Crippen LogP contribution in [0.15, 0.2) is 78.9 Å². The molecule has 3 aromatic carbocycles. The van der Waals surface area contributed by atoms with Gasteiger partial charge in [0, 0.05) is 33.0 Å². The van der Waals surface area contributed by atoms with E-state index in [0.29, 0.717) is 18.5 Å². The summed E-state index contributed by atoms with van der Waals surface area (Å²) in [6.45, 7) is 4.29. The van der Waals surface area contributed by atoms with Crippen LogP contribution in [0.25, 0.3) is 0 Å². The summed E-state index contributed by atoms with van der Waals surface area (Å²) >= 11 is 0. The molecule has 0 saturated carbocycles. The lowest BCUT2D eigenvalue weighted by Gasteiger charge is -2.31. The zero-order valence-electron chi connectivity index (χ0n) is 22.6. The Labute approximate surface area is 226 Å². The van der Waals surface area contributed by atoms with Crippen molar-refractivity contribution < 1.29 is 18.0 Å². The molecular weight excluding hydrogens is 498 g/mol. The number of aryl methyl sites for hydroxylation is 2. The van der Waals surface area contributed by atoms with Gasteiger partial charge in [0.1, 0.15) is 6.04 Å². The number of nitrogens with one attached hydrogen (secondary N) is 1. The molecule has 7 nitrogen and oxygen atoms in total. The first-order chi connectivity index (χ1) is 18.1. The van der Waals surface area contributed by atoms with Crippen LogP contribution < -0.4 is 9.62 Å². The van der Waals surface area contributed by atoms with Gasteiger partial charge in [-0.25, -0.2) is 8.42 Å². The van der Waals surface area contributed by atoms with Crippen LogP contribution in [-0.2, 0) is 32.6 Å². The van der Waals surface area contributed by atoms with E-state index in [1.807, 2.05) is 92.7 Å². The lowest BCUT2D eigenvalue weighted by atomic mass is 10.0. The second kappa shape index (κ2) is 13.2. The van der Waals surface area contributed by atoms with E-state index in [2.05, 4.69) is 5.32 Å². The SMILES string of the molecule is CNC(=O)C(Cc1ccccc1)N(Cc1ccccc1)C(=O)CCCN(c1cc(C)cc(C)c1)S(C)(=O)=O. The Bertz CT molecular complexity index is 1310. The molecule has 3 rings (SSSR count). The first-order valence-electron chi connectivity index (χ1n) is 12.7. The minimum absolute atomic E-state index is 0.103. The summed E-state index contributed by atoms with van der Waals surface area (Å²) in [7, 11) is -1.98. The Morgan fingerprint density at radius 2 is 1.42 bits per heavy atom. The summed E-state index contributed by atoms with van der Waals surface area (Å²) in [5, 5.41) is 2.71. The van der Waals surface area contributed by atoms with Crippen LogP contribution >= 0.6 is 0 Å². The topological polar surface area (TPSA) is 86.8 Å². The number of likely N-dealkylation sites (N-methyl/N-ethyl adjacent to an activating group) is 1. The van der Waals surface area contributed by atoms with Crippen LogP contribution in [0.4, 0.5) is 5.69 Å². The molecule has 202 valence electrons. The van der Waals surface area contributed by atoms with Crippen LogP contribution in [-0.4, -0.2) is 51.0 Å². The molecule has 2 amide bonds. The van der Waals surface area contributed by atoms with Gasteiger partial charge >= 0.3 is 0 Å². The molecule has 0 saturated heterocycles. The quantitative estimate of drug-likeness (QED) is 0.376. The van der Waals surface area contributed by atoms with E-state index in [4.69, 9.17) is 0 Å². The van der Waals surface area contributed by atoms with Crippen LogP contribution in [0.3, 0.4) is 0 Å². The summed E-state index contributed by atoms with van der Waals surface area (Å²) in [6, 6.07) is 24.1. The molecule has 0 radical (unpaired) electrons. The Hall–Kier alpha value is -3.65. The molecule has 1 unspecified atom stereocenters. The van der Waals surface area contributed by atoms with Crippen molar-refractivity contribution in [2.75, 3.05) is 24.2 Å². The largest absolute Gasteiger partial charge is 0.357 e. The summed E-state index contributed by atoms with van der Waals surface area (Å²) < 4.78 is 26.6. The first-order valence-corrected chi connectivity index (χ1v) is 14.6. The highest BCUT2D eigenvalue weighted by Crippen LogP contribution is 2.23. The van der Waals surface area contributed by atoms with E-state index in [9.17, 15) is 18.0 Å². The van der Waals surface area contributed by atoms with Crippen molar-refractivity contribution >= 4 is 27.5 Å². The summed E-state index contributed by atoms with van der Waals surface area (Å²) in [4.78, 5) is 28.3. The zero-order chi connectivity index (χ0) is 27.7. The predicted molar refractivity (Wildman–Crippen MR) is 152 cm³/mol. The Kier molecular flexibility index (Phi) is 10.1. The molecule has 1 atom stereocenters. The third-order valence-corrected chi connectivity index (χ3v) is 7.55. The third kappa shape index (κ3) is 8.18. The first kappa shape index (κ1) is 28.9. The summed E-state index contributed by atoms with van der Waals surface area (Å²) in [6.07, 6.45) is 1.97. The van der Waals surface area contributed by atoms with Gasteiger partial charge in [0.15, 0.2) is 0 Å². The van der Waals surface area contributed by atoms with E-state index in [-0.39, 0.29) is 31.3 Å². The van der Waals surface area contributed by atoms with E-state index >= 15 is 0 Å². The number of sulfonamides is 1. The van der Waals surface area contributed by atoms with Gasteiger partial charge in [-0.2, -0.15) is 0 Å². The molecule has 0 aliphatic rings. The van der Waals surface area contributed by atoms with E-state index in [0.717, 1.165) is 22.3 Å². The molecule has 0 aromatic heterocycles. The molecular formula is C30H37N3O4S. The number of amides is 2. The standard InChI is InChI=1S/C30H37N3O4S/c1-23-18-24(2)20-27(19-23)33(38(4,36)37)17-11-16-29(34)32(22-26-14-9-6-10-15-26)28(30(35)31-3)21-25-12-7-5-8-13-25/h5-10,12-15,18-20,28H,11,16-17,21-22H2,1-4H3,(H,31,35). The van der Waals surface area contributed by atoms with E-state index in [1.165, 1.54) is 10.6 Å². The van der Waals surface area contributed by atoms with Gasteiger partial charge in [-0.15, -0.1) is 0 Å². The number of carbonyl (C=O) groups excluding carboxylic acids is 2. The summed E-state index contributed by atoms with van der Waals surface area (Å²) in [5.74, 6) is -0.446. The van der Waals surface area contributed by atoms with Crippen molar-refractivity contribution in [3.8, 4) is 0 Å². The van der Waals surface area contributed by atoms with Crippen molar-refractivity contribution in [3.05, 3.63) is 101 Å². The second-order valence-corrected chi connectivity index (χ2v) is 11.5. The number of nitrogens with zero attached hydrogens (tertiary/aromatic N) is 2. The average molecular weight is 536 g/mol. The number of hydrogen-bond donors (Lipinski definition) is 1. The predicted octanol–water partition coefficient (Wildman–Crippen LogP) is 4.24. The number of carbonyl (C=O) groups is 2. The van der Waals surface area contributed by atoms with Gasteiger partial charge in [-0.3, -0.25) is 13.9 Å². The number of hydrogen-bond acceptors (Lipinski definition) is 4. The molecule has 0 spiro atoms. The Morgan fingerprint density at radius 3 is 1.95 bits per heavy atom. The van der Waals surface area contributed by atoms with Gasteiger partial charge < -0.3 is 10.2 Å². The maximum Gasteiger partial charge on any atom is 0.242 e.